The van der Waals surface area contributed by atoms with Crippen LogP contribution in [0, 0.1) is 17.8 Å². The van der Waals surface area contributed by atoms with Crippen LogP contribution in [0.2, 0.25) is 0 Å². The molecule has 4 aliphatic carbocycles. The van der Waals surface area contributed by atoms with Crippen LogP contribution < -0.4 is 5.32 Å². The molecule has 1 unspecified atom stereocenters. The van der Waals surface area contributed by atoms with Crippen molar-refractivity contribution in [2.75, 3.05) is 6.26 Å². The molecule has 1 aromatic carbocycles. The van der Waals surface area contributed by atoms with Gasteiger partial charge in [0, 0.05) is 33.1 Å². The van der Waals surface area contributed by atoms with Crippen LogP contribution in [0.1, 0.15) is 48.9 Å². The number of amides is 1. The summed E-state index contributed by atoms with van der Waals surface area (Å²) in [7, 11) is -0.993. The molecular weight excluding hydrogens is 294 g/mol. The number of nitrogens with one attached hydrogen (secondary N) is 1. The van der Waals surface area contributed by atoms with E-state index in [4.69, 9.17) is 0 Å². The highest BCUT2D eigenvalue weighted by Gasteiger charge is 2.51. The summed E-state index contributed by atoms with van der Waals surface area (Å²) in [5, 5.41) is 3.37. The lowest BCUT2D eigenvalue weighted by atomic mass is 9.53. The molecule has 1 N–H and O–H groups in total. The summed E-state index contributed by atoms with van der Waals surface area (Å²) < 4.78 is 11.4. The van der Waals surface area contributed by atoms with Crippen LogP contribution in [0.5, 0.6) is 0 Å². The van der Waals surface area contributed by atoms with Gasteiger partial charge in [-0.15, -0.1) is 0 Å². The van der Waals surface area contributed by atoms with Crippen molar-refractivity contribution in [2.24, 2.45) is 17.8 Å². The molecule has 22 heavy (non-hydrogen) atoms. The Hall–Kier alpha value is -1.16. The fraction of sp³-hybridized carbons (Fsp3) is 0.611. The van der Waals surface area contributed by atoms with Crippen molar-refractivity contribution < 1.29 is 9.00 Å². The summed E-state index contributed by atoms with van der Waals surface area (Å²) in [5.41, 5.74) is 0.739. The lowest BCUT2D eigenvalue weighted by Gasteiger charge is -2.56. The molecule has 4 aliphatic rings. The number of hydrogen-bond acceptors (Lipinski definition) is 2. The van der Waals surface area contributed by atoms with E-state index in [0.717, 1.165) is 22.6 Å². The minimum Gasteiger partial charge on any atom is -0.347 e. The van der Waals surface area contributed by atoms with E-state index >= 15 is 0 Å². The van der Waals surface area contributed by atoms with Gasteiger partial charge in [0.2, 0.25) is 0 Å². The van der Waals surface area contributed by atoms with Gasteiger partial charge in [0.25, 0.3) is 5.91 Å². The van der Waals surface area contributed by atoms with Gasteiger partial charge in [-0.3, -0.25) is 9.00 Å². The molecule has 0 aromatic heterocycles. The average Bonchev–Trinajstić information content (AvgIpc) is 2.45. The summed E-state index contributed by atoms with van der Waals surface area (Å²) in [6, 6.07) is 7.19. The summed E-state index contributed by atoms with van der Waals surface area (Å²) in [4.78, 5) is 13.4. The first-order chi connectivity index (χ1) is 10.5. The Morgan fingerprint density at radius 2 is 1.55 bits per heavy atom. The third-order valence-electron chi connectivity index (χ3n) is 5.87. The van der Waals surface area contributed by atoms with Crippen LogP contribution in [0.25, 0.3) is 0 Å². The smallest absolute Gasteiger partial charge is 0.251 e. The Balaban J connectivity index is 1.51. The van der Waals surface area contributed by atoms with Gasteiger partial charge in [0.1, 0.15) is 0 Å². The fourth-order valence-electron chi connectivity index (χ4n) is 5.37. The molecule has 5 rings (SSSR count). The fourth-order valence-corrected chi connectivity index (χ4v) is 5.89. The highest BCUT2D eigenvalue weighted by molar-refractivity contribution is 7.84. The molecule has 0 aliphatic heterocycles. The van der Waals surface area contributed by atoms with Crippen molar-refractivity contribution in [3.05, 3.63) is 29.8 Å². The number of hydrogen-bond donors (Lipinski definition) is 1. The molecule has 0 saturated heterocycles. The van der Waals surface area contributed by atoms with Crippen LogP contribution in [0.15, 0.2) is 29.2 Å². The second-order valence-electron chi connectivity index (χ2n) is 7.63. The van der Waals surface area contributed by atoms with Gasteiger partial charge in [-0.25, -0.2) is 0 Å². The van der Waals surface area contributed by atoms with E-state index < -0.39 is 10.8 Å². The Kier molecular flexibility index (Phi) is 3.40. The zero-order chi connectivity index (χ0) is 15.3. The van der Waals surface area contributed by atoms with Gasteiger partial charge in [-0.1, -0.05) is 0 Å². The van der Waals surface area contributed by atoms with Gasteiger partial charge >= 0.3 is 0 Å². The third kappa shape index (κ3) is 2.51. The predicted molar refractivity (Wildman–Crippen MR) is 87.1 cm³/mol. The first-order valence-corrected chi connectivity index (χ1v) is 9.85. The van der Waals surface area contributed by atoms with Gasteiger partial charge in [0.05, 0.1) is 0 Å². The molecule has 3 nitrogen and oxygen atoms in total. The van der Waals surface area contributed by atoms with E-state index in [1.54, 1.807) is 30.5 Å². The highest BCUT2D eigenvalue weighted by Crippen LogP contribution is 2.55. The van der Waals surface area contributed by atoms with Crippen molar-refractivity contribution >= 4 is 16.7 Å². The summed E-state index contributed by atoms with van der Waals surface area (Å²) in [5.74, 6) is 2.53. The Labute approximate surface area is 134 Å². The van der Waals surface area contributed by atoms with E-state index in [2.05, 4.69) is 5.32 Å². The van der Waals surface area contributed by atoms with Gasteiger partial charge < -0.3 is 5.32 Å². The van der Waals surface area contributed by atoms with Crippen molar-refractivity contribution in [2.45, 2.75) is 49.0 Å². The number of carbonyl (C=O) groups excluding carboxylic acids is 1. The van der Waals surface area contributed by atoms with Crippen LogP contribution in [-0.2, 0) is 10.8 Å². The zero-order valence-electron chi connectivity index (χ0n) is 13.0. The molecular formula is C18H23NO2S. The third-order valence-corrected chi connectivity index (χ3v) is 6.80. The van der Waals surface area contributed by atoms with Gasteiger partial charge in [-0.2, -0.15) is 0 Å². The van der Waals surface area contributed by atoms with Gasteiger partial charge in [-0.05, 0) is 80.5 Å². The maximum atomic E-state index is 12.6. The summed E-state index contributed by atoms with van der Waals surface area (Å²) in [6.07, 6.45) is 9.31. The van der Waals surface area contributed by atoms with Crippen molar-refractivity contribution in [3.8, 4) is 0 Å². The number of carbonyl (C=O) groups is 1. The molecule has 4 fully saturated rings. The molecule has 4 bridgehead atoms. The molecule has 0 heterocycles. The van der Waals surface area contributed by atoms with Crippen LogP contribution >= 0.6 is 0 Å². The Morgan fingerprint density at radius 1 is 1.05 bits per heavy atom. The van der Waals surface area contributed by atoms with E-state index in [-0.39, 0.29) is 11.4 Å². The summed E-state index contributed by atoms with van der Waals surface area (Å²) >= 11 is 0. The standard InChI is InChI=1S/C18H23NO2S/c1-22(21)16-4-2-15(3-5-16)17(20)19-18-9-12-6-13(10-18)8-14(7-12)11-18/h2-5,12-14H,6-11H2,1H3,(H,19,20). The SMILES string of the molecule is CS(=O)c1ccc(C(=O)NC23CC4CC(CC(C4)C2)C3)cc1. The second-order valence-corrected chi connectivity index (χ2v) is 9.01. The monoisotopic (exact) mass is 317 g/mol. The lowest BCUT2D eigenvalue weighted by Crippen LogP contribution is -2.59. The predicted octanol–water partition coefficient (Wildman–Crippen LogP) is 3.12. The average molecular weight is 317 g/mol. The van der Waals surface area contributed by atoms with Crippen molar-refractivity contribution in [1.29, 1.82) is 0 Å². The summed E-state index contributed by atoms with van der Waals surface area (Å²) in [6.45, 7) is 0. The van der Waals surface area contributed by atoms with Crippen molar-refractivity contribution in [3.63, 3.8) is 0 Å². The molecule has 4 heteroatoms. The first kappa shape index (κ1) is 14.4. The van der Waals surface area contributed by atoms with Crippen LogP contribution in [-0.4, -0.2) is 21.9 Å². The Morgan fingerprint density at radius 3 is 2.00 bits per heavy atom. The first-order valence-electron chi connectivity index (χ1n) is 8.29. The van der Waals surface area contributed by atoms with Gasteiger partial charge in [0.15, 0.2) is 0 Å². The minimum absolute atomic E-state index is 0.0374. The van der Waals surface area contributed by atoms with Crippen LogP contribution in [0.4, 0.5) is 0 Å². The van der Waals surface area contributed by atoms with E-state index in [1.165, 1.54) is 38.5 Å². The van der Waals surface area contributed by atoms with E-state index in [9.17, 15) is 9.00 Å². The molecule has 4 saturated carbocycles. The highest BCUT2D eigenvalue weighted by atomic mass is 32.2. The van der Waals surface area contributed by atoms with Crippen molar-refractivity contribution in [1.82, 2.24) is 5.32 Å². The van der Waals surface area contributed by atoms with Crippen LogP contribution in [0.3, 0.4) is 0 Å². The number of rotatable bonds is 3. The lowest BCUT2D eigenvalue weighted by molar-refractivity contribution is -0.0167. The van der Waals surface area contributed by atoms with E-state index in [0.29, 0.717) is 5.56 Å². The Bertz CT molecular complexity index is 587. The maximum Gasteiger partial charge on any atom is 0.251 e. The molecule has 0 radical (unpaired) electrons. The molecule has 1 atom stereocenters. The largest absolute Gasteiger partial charge is 0.347 e. The zero-order valence-corrected chi connectivity index (χ0v) is 13.8. The normalized spacial score (nSPS) is 37.0. The quantitative estimate of drug-likeness (QED) is 0.931. The maximum absolute atomic E-state index is 12.6. The molecule has 118 valence electrons. The molecule has 1 amide bonds. The topological polar surface area (TPSA) is 46.2 Å². The van der Waals surface area contributed by atoms with E-state index in [1.807, 2.05) is 0 Å². The molecule has 0 spiro atoms. The minimum atomic E-state index is -0.993. The molecule has 1 aromatic rings. The second kappa shape index (κ2) is 5.19. The number of benzene rings is 1.